The van der Waals surface area contributed by atoms with Gasteiger partial charge in [0.1, 0.15) is 5.41 Å². The molecule has 0 bridgehead atoms. The molecular weight excluding hydrogens is 354 g/mol. The minimum absolute atomic E-state index is 0.0694. The zero-order valence-corrected chi connectivity index (χ0v) is 17.2. The molecule has 0 spiro atoms. The second-order valence-corrected chi connectivity index (χ2v) is 8.60. The van der Waals surface area contributed by atoms with E-state index < -0.39 is 5.41 Å². The topological polar surface area (TPSA) is 20.3 Å². The lowest BCUT2D eigenvalue weighted by Crippen LogP contribution is -2.75. The number of benzene rings is 3. The SMILES string of the molecule is CC(C)(C)N1C(=O)C(c2ccccc2)(c2ccccc2)C1C=Cc1ccccc1. The van der Waals surface area contributed by atoms with Crippen LogP contribution in [0, 0.1) is 0 Å². The summed E-state index contributed by atoms with van der Waals surface area (Å²) in [5.41, 5.74) is 2.24. The van der Waals surface area contributed by atoms with E-state index in [2.05, 4.69) is 69.3 Å². The number of β-lactam (4-membered cyclic amide) rings is 1. The van der Waals surface area contributed by atoms with Crippen LogP contribution in [0.4, 0.5) is 0 Å². The highest BCUT2D eigenvalue weighted by Crippen LogP contribution is 2.51. The van der Waals surface area contributed by atoms with Crippen LogP contribution < -0.4 is 0 Å². The number of hydrogen-bond donors (Lipinski definition) is 0. The van der Waals surface area contributed by atoms with Crippen LogP contribution >= 0.6 is 0 Å². The summed E-state index contributed by atoms with van der Waals surface area (Å²) in [5, 5.41) is 0. The normalized spacial score (nSPS) is 18.7. The predicted octanol–water partition coefficient (Wildman–Crippen LogP) is 5.70. The maximum absolute atomic E-state index is 13.8. The third kappa shape index (κ3) is 3.19. The maximum Gasteiger partial charge on any atom is 0.241 e. The van der Waals surface area contributed by atoms with Crippen molar-refractivity contribution in [1.29, 1.82) is 0 Å². The van der Waals surface area contributed by atoms with Crippen LogP contribution in [0.15, 0.2) is 97.1 Å². The molecule has 4 rings (SSSR count). The first-order valence-electron chi connectivity index (χ1n) is 10.1. The molecule has 1 aliphatic heterocycles. The van der Waals surface area contributed by atoms with Crippen molar-refractivity contribution < 1.29 is 4.79 Å². The molecule has 146 valence electrons. The standard InChI is InChI=1S/C27H27NO/c1-26(2,3)28-24(20-19-21-13-7-4-8-14-21)27(25(28)29,22-15-9-5-10-16-22)23-17-11-6-12-18-23/h4-20,24H,1-3H3. The molecule has 1 saturated heterocycles. The van der Waals surface area contributed by atoms with Gasteiger partial charge in [-0.2, -0.15) is 0 Å². The predicted molar refractivity (Wildman–Crippen MR) is 120 cm³/mol. The Balaban J connectivity index is 1.90. The molecule has 1 aliphatic rings. The summed E-state index contributed by atoms with van der Waals surface area (Å²) in [6, 6.07) is 30.6. The summed E-state index contributed by atoms with van der Waals surface area (Å²) in [6.45, 7) is 6.32. The van der Waals surface area contributed by atoms with Gasteiger partial charge in [0.05, 0.1) is 6.04 Å². The molecule has 1 fully saturated rings. The molecule has 3 aromatic rings. The molecule has 0 saturated carbocycles. The Kier molecular flexibility index (Phi) is 4.87. The van der Waals surface area contributed by atoms with Crippen LogP contribution in [-0.2, 0) is 10.2 Å². The smallest absolute Gasteiger partial charge is 0.241 e. The number of amides is 1. The first kappa shape index (κ1) is 19.2. The van der Waals surface area contributed by atoms with Gasteiger partial charge in [-0.15, -0.1) is 0 Å². The summed E-state index contributed by atoms with van der Waals surface area (Å²) >= 11 is 0. The van der Waals surface area contributed by atoms with Gasteiger partial charge in [-0.05, 0) is 37.5 Å². The molecular formula is C27H27NO. The van der Waals surface area contributed by atoms with Gasteiger partial charge in [0.25, 0.3) is 0 Å². The highest BCUT2D eigenvalue weighted by molar-refractivity contribution is 6.01. The molecule has 1 atom stereocenters. The number of carbonyl (C=O) groups is 1. The Morgan fingerprint density at radius 2 is 1.21 bits per heavy atom. The number of likely N-dealkylation sites (tertiary alicyclic amines) is 1. The van der Waals surface area contributed by atoms with Crippen LogP contribution in [0.25, 0.3) is 6.08 Å². The summed E-state index contributed by atoms with van der Waals surface area (Å²) in [6.07, 6.45) is 4.33. The van der Waals surface area contributed by atoms with Crippen LogP contribution in [-0.4, -0.2) is 22.4 Å². The Morgan fingerprint density at radius 3 is 1.66 bits per heavy atom. The molecule has 2 heteroatoms. The zero-order valence-electron chi connectivity index (χ0n) is 17.2. The molecule has 0 radical (unpaired) electrons. The van der Waals surface area contributed by atoms with E-state index in [0.717, 1.165) is 16.7 Å². The molecule has 0 aliphatic carbocycles. The Morgan fingerprint density at radius 1 is 0.759 bits per heavy atom. The molecule has 1 unspecified atom stereocenters. The van der Waals surface area contributed by atoms with Crippen LogP contribution in [0.1, 0.15) is 37.5 Å². The maximum atomic E-state index is 13.8. The number of hydrogen-bond acceptors (Lipinski definition) is 1. The third-order valence-corrected chi connectivity index (χ3v) is 5.73. The van der Waals surface area contributed by atoms with E-state index in [1.807, 2.05) is 59.5 Å². The molecule has 1 amide bonds. The van der Waals surface area contributed by atoms with Gasteiger partial charge in [0.2, 0.25) is 5.91 Å². The summed E-state index contributed by atoms with van der Waals surface area (Å²) < 4.78 is 0. The van der Waals surface area contributed by atoms with Crippen LogP contribution in [0.5, 0.6) is 0 Å². The summed E-state index contributed by atoms with van der Waals surface area (Å²) in [4.78, 5) is 15.9. The molecule has 2 nitrogen and oxygen atoms in total. The van der Waals surface area contributed by atoms with Gasteiger partial charge in [-0.1, -0.05) is 103 Å². The Labute approximate surface area is 173 Å². The van der Waals surface area contributed by atoms with Crippen molar-refractivity contribution in [3.8, 4) is 0 Å². The number of rotatable bonds is 4. The summed E-state index contributed by atoms with van der Waals surface area (Å²) in [7, 11) is 0. The fourth-order valence-electron chi connectivity index (χ4n) is 4.45. The van der Waals surface area contributed by atoms with Crippen molar-refractivity contribution in [3.63, 3.8) is 0 Å². The van der Waals surface area contributed by atoms with Gasteiger partial charge in [-0.3, -0.25) is 4.79 Å². The van der Waals surface area contributed by atoms with Crippen LogP contribution in [0.3, 0.4) is 0 Å². The highest BCUT2D eigenvalue weighted by Gasteiger charge is 2.63. The Bertz CT molecular complexity index is 961. The van der Waals surface area contributed by atoms with E-state index in [-0.39, 0.29) is 17.5 Å². The van der Waals surface area contributed by atoms with E-state index in [4.69, 9.17) is 0 Å². The van der Waals surface area contributed by atoms with E-state index in [9.17, 15) is 4.79 Å². The zero-order chi connectivity index (χ0) is 20.5. The second-order valence-electron chi connectivity index (χ2n) is 8.60. The van der Waals surface area contributed by atoms with Gasteiger partial charge < -0.3 is 4.90 Å². The fourth-order valence-corrected chi connectivity index (χ4v) is 4.45. The lowest BCUT2D eigenvalue weighted by atomic mass is 9.60. The number of carbonyl (C=O) groups excluding carboxylic acids is 1. The average molecular weight is 382 g/mol. The minimum Gasteiger partial charge on any atom is -0.328 e. The summed E-state index contributed by atoms with van der Waals surface area (Å²) in [5.74, 6) is 0.158. The molecule has 3 aromatic carbocycles. The van der Waals surface area contributed by atoms with Crippen molar-refractivity contribution in [2.24, 2.45) is 0 Å². The largest absolute Gasteiger partial charge is 0.328 e. The molecule has 1 heterocycles. The molecule has 0 aromatic heterocycles. The van der Waals surface area contributed by atoms with E-state index in [1.54, 1.807) is 0 Å². The van der Waals surface area contributed by atoms with Crippen molar-refractivity contribution in [2.45, 2.75) is 37.8 Å². The van der Waals surface area contributed by atoms with Crippen molar-refractivity contribution in [2.75, 3.05) is 0 Å². The lowest BCUT2D eigenvalue weighted by molar-refractivity contribution is -0.162. The third-order valence-electron chi connectivity index (χ3n) is 5.73. The first-order valence-corrected chi connectivity index (χ1v) is 10.1. The number of nitrogens with zero attached hydrogens (tertiary/aromatic N) is 1. The average Bonchev–Trinajstić information content (AvgIpc) is 2.72. The van der Waals surface area contributed by atoms with E-state index in [0.29, 0.717) is 0 Å². The van der Waals surface area contributed by atoms with Crippen molar-refractivity contribution >= 4 is 12.0 Å². The van der Waals surface area contributed by atoms with E-state index in [1.165, 1.54) is 0 Å². The minimum atomic E-state index is -0.707. The highest BCUT2D eigenvalue weighted by atomic mass is 16.2. The molecule has 29 heavy (non-hydrogen) atoms. The molecule has 0 N–H and O–H groups in total. The monoisotopic (exact) mass is 381 g/mol. The quantitative estimate of drug-likeness (QED) is 0.531. The van der Waals surface area contributed by atoms with Gasteiger partial charge in [0, 0.05) is 5.54 Å². The van der Waals surface area contributed by atoms with Gasteiger partial charge in [-0.25, -0.2) is 0 Å². The van der Waals surface area contributed by atoms with Crippen molar-refractivity contribution in [3.05, 3.63) is 114 Å². The van der Waals surface area contributed by atoms with Gasteiger partial charge in [0.15, 0.2) is 0 Å². The van der Waals surface area contributed by atoms with Gasteiger partial charge >= 0.3 is 0 Å². The second kappa shape index (κ2) is 7.36. The lowest BCUT2D eigenvalue weighted by Gasteiger charge is -2.60. The van der Waals surface area contributed by atoms with Crippen molar-refractivity contribution in [1.82, 2.24) is 4.90 Å². The van der Waals surface area contributed by atoms with E-state index >= 15 is 0 Å². The first-order chi connectivity index (χ1) is 14.0. The Hall–Kier alpha value is -3.13. The van der Waals surface area contributed by atoms with Crippen LogP contribution in [0.2, 0.25) is 0 Å². The fraction of sp³-hybridized carbons (Fsp3) is 0.222.